The van der Waals surface area contributed by atoms with Crippen LogP contribution in [0.3, 0.4) is 0 Å². The highest BCUT2D eigenvalue weighted by Crippen LogP contribution is 2.15. The van der Waals surface area contributed by atoms with Crippen LogP contribution in [-0.4, -0.2) is 60.1 Å². The molecule has 0 aliphatic carbocycles. The number of nitrogens with zero attached hydrogens (tertiary/aromatic N) is 2. The third-order valence-electron chi connectivity index (χ3n) is 4.20. The molecule has 1 aromatic carbocycles. The zero-order valence-electron chi connectivity index (χ0n) is 16.3. The zero-order chi connectivity index (χ0) is 19.1. The normalized spacial score (nSPS) is 15.2. The first kappa shape index (κ1) is 20.1. The first-order chi connectivity index (χ1) is 12.3. The van der Waals surface area contributed by atoms with E-state index >= 15 is 0 Å². The maximum Gasteiger partial charge on any atom is 0.317 e. The van der Waals surface area contributed by atoms with Crippen molar-refractivity contribution < 1.29 is 14.3 Å². The van der Waals surface area contributed by atoms with Crippen molar-refractivity contribution in [2.75, 3.05) is 26.2 Å². The van der Waals surface area contributed by atoms with Gasteiger partial charge in [0.05, 0.1) is 12.5 Å². The van der Waals surface area contributed by atoms with Gasteiger partial charge in [0.15, 0.2) is 0 Å². The number of hydrogen-bond acceptors (Lipinski definition) is 3. The monoisotopic (exact) mass is 361 g/mol. The maximum atomic E-state index is 12.6. The van der Waals surface area contributed by atoms with Crippen molar-refractivity contribution in [3.05, 3.63) is 29.8 Å². The number of hydrogen-bond donors (Lipinski definition) is 1. The van der Waals surface area contributed by atoms with Gasteiger partial charge in [-0.05, 0) is 51.8 Å². The lowest BCUT2D eigenvalue weighted by Gasteiger charge is -2.23. The number of ether oxygens (including phenoxy) is 1. The van der Waals surface area contributed by atoms with Crippen molar-refractivity contribution in [1.82, 2.24) is 15.1 Å². The second-order valence-corrected chi connectivity index (χ2v) is 7.31. The Morgan fingerprint density at radius 3 is 2.23 bits per heavy atom. The lowest BCUT2D eigenvalue weighted by molar-refractivity contribution is -0.130. The van der Waals surface area contributed by atoms with E-state index in [0.29, 0.717) is 32.6 Å². The lowest BCUT2D eigenvalue weighted by atomic mass is 10.1. The summed E-state index contributed by atoms with van der Waals surface area (Å²) in [5.74, 6) is 0.923. The zero-order valence-corrected chi connectivity index (χ0v) is 16.3. The summed E-state index contributed by atoms with van der Waals surface area (Å²) in [7, 11) is 0. The molecule has 144 valence electrons. The summed E-state index contributed by atoms with van der Waals surface area (Å²) in [6, 6.07) is 7.76. The Balaban J connectivity index is 1.87. The van der Waals surface area contributed by atoms with Crippen LogP contribution in [0.4, 0.5) is 4.79 Å². The first-order valence-electron chi connectivity index (χ1n) is 9.44. The highest BCUT2D eigenvalue weighted by atomic mass is 16.5. The van der Waals surface area contributed by atoms with E-state index in [9.17, 15) is 9.59 Å². The molecule has 1 aromatic rings. The average molecular weight is 361 g/mol. The molecule has 1 saturated heterocycles. The Hall–Kier alpha value is -2.24. The minimum absolute atomic E-state index is 0.0463. The SMILES string of the molecule is CC(C)NC(=O)N1CCCN(C(=O)Cc2ccc(OC(C)C)cc2)CC1. The summed E-state index contributed by atoms with van der Waals surface area (Å²) in [5.41, 5.74) is 0.977. The number of carbonyl (C=O) groups is 2. The van der Waals surface area contributed by atoms with Gasteiger partial charge in [0.2, 0.25) is 5.91 Å². The van der Waals surface area contributed by atoms with E-state index in [1.807, 2.05) is 56.9 Å². The van der Waals surface area contributed by atoms with Gasteiger partial charge in [0.25, 0.3) is 0 Å². The van der Waals surface area contributed by atoms with Crippen LogP contribution < -0.4 is 10.1 Å². The Bertz CT molecular complexity index is 599. The maximum absolute atomic E-state index is 12.6. The number of benzene rings is 1. The summed E-state index contributed by atoms with van der Waals surface area (Å²) in [5, 5.41) is 2.91. The number of urea groups is 1. The molecule has 6 heteroatoms. The molecule has 1 aliphatic heterocycles. The second kappa shape index (κ2) is 9.46. The fraction of sp³-hybridized carbons (Fsp3) is 0.600. The summed E-state index contributed by atoms with van der Waals surface area (Å²) in [6.07, 6.45) is 1.31. The van der Waals surface area contributed by atoms with Gasteiger partial charge in [0.1, 0.15) is 5.75 Å². The Morgan fingerprint density at radius 1 is 1.00 bits per heavy atom. The average Bonchev–Trinajstić information content (AvgIpc) is 2.82. The molecule has 1 heterocycles. The molecule has 2 rings (SSSR count). The van der Waals surface area contributed by atoms with E-state index in [-0.39, 0.29) is 24.1 Å². The molecule has 0 aromatic heterocycles. The van der Waals surface area contributed by atoms with Gasteiger partial charge in [-0.3, -0.25) is 4.79 Å². The molecule has 1 fully saturated rings. The minimum atomic E-state index is -0.0463. The van der Waals surface area contributed by atoms with E-state index in [0.717, 1.165) is 17.7 Å². The summed E-state index contributed by atoms with van der Waals surface area (Å²) >= 11 is 0. The molecule has 1 aliphatic rings. The molecule has 0 spiro atoms. The minimum Gasteiger partial charge on any atom is -0.491 e. The molecule has 6 nitrogen and oxygen atoms in total. The van der Waals surface area contributed by atoms with Gasteiger partial charge in [-0.25, -0.2) is 4.79 Å². The topological polar surface area (TPSA) is 61.9 Å². The predicted molar refractivity (Wildman–Crippen MR) is 102 cm³/mol. The molecule has 3 amide bonds. The van der Waals surface area contributed by atoms with Gasteiger partial charge in [-0.2, -0.15) is 0 Å². The molecule has 26 heavy (non-hydrogen) atoms. The van der Waals surface area contributed by atoms with Crippen LogP contribution in [0.25, 0.3) is 0 Å². The standard InChI is InChI=1S/C20H31N3O3/c1-15(2)21-20(25)23-11-5-10-22(12-13-23)19(24)14-17-6-8-18(9-7-17)26-16(3)4/h6-9,15-16H,5,10-14H2,1-4H3,(H,21,25). The van der Waals surface area contributed by atoms with E-state index in [1.165, 1.54) is 0 Å². The molecule has 0 atom stereocenters. The highest BCUT2D eigenvalue weighted by Gasteiger charge is 2.22. The van der Waals surface area contributed by atoms with Gasteiger partial charge in [-0.15, -0.1) is 0 Å². The number of rotatable bonds is 5. The Morgan fingerprint density at radius 2 is 1.62 bits per heavy atom. The van der Waals surface area contributed by atoms with E-state index < -0.39 is 0 Å². The van der Waals surface area contributed by atoms with E-state index in [2.05, 4.69) is 5.32 Å². The van der Waals surface area contributed by atoms with Crippen molar-refractivity contribution >= 4 is 11.9 Å². The van der Waals surface area contributed by atoms with E-state index in [4.69, 9.17) is 4.74 Å². The summed E-state index contributed by atoms with van der Waals surface area (Å²) < 4.78 is 5.63. The summed E-state index contributed by atoms with van der Waals surface area (Å²) in [6.45, 7) is 10.4. The van der Waals surface area contributed by atoms with Crippen LogP contribution in [0.1, 0.15) is 39.7 Å². The molecule has 0 unspecified atom stereocenters. The largest absolute Gasteiger partial charge is 0.491 e. The molecule has 0 bridgehead atoms. The number of amides is 3. The van der Waals surface area contributed by atoms with Crippen LogP contribution in [0, 0.1) is 0 Å². The van der Waals surface area contributed by atoms with Crippen molar-refractivity contribution in [3.8, 4) is 5.75 Å². The van der Waals surface area contributed by atoms with Crippen LogP contribution >= 0.6 is 0 Å². The predicted octanol–water partition coefficient (Wildman–Crippen LogP) is 2.67. The quantitative estimate of drug-likeness (QED) is 0.877. The second-order valence-electron chi connectivity index (χ2n) is 7.31. The van der Waals surface area contributed by atoms with Crippen molar-refractivity contribution in [1.29, 1.82) is 0 Å². The lowest BCUT2D eigenvalue weighted by Crippen LogP contribution is -2.45. The Kier molecular flexibility index (Phi) is 7.30. The fourth-order valence-electron chi connectivity index (χ4n) is 2.95. The molecule has 1 N–H and O–H groups in total. The van der Waals surface area contributed by atoms with Crippen molar-refractivity contribution in [3.63, 3.8) is 0 Å². The third-order valence-corrected chi connectivity index (χ3v) is 4.20. The van der Waals surface area contributed by atoms with Crippen LogP contribution in [-0.2, 0) is 11.2 Å². The summed E-state index contributed by atoms with van der Waals surface area (Å²) in [4.78, 5) is 28.4. The van der Waals surface area contributed by atoms with E-state index in [1.54, 1.807) is 4.90 Å². The third kappa shape index (κ3) is 6.24. The smallest absolute Gasteiger partial charge is 0.317 e. The molecule has 0 saturated carbocycles. The van der Waals surface area contributed by atoms with Gasteiger partial charge in [-0.1, -0.05) is 12.1 Å². The van der Waals surface area contributed by atoms with Gasteiger partial charge < -0.3 is 19.9 Å². The van der Waals surface area contributed by atoms with Crippen LogP contribution in [0.2, 0.25) is 0 Å². The van der Waals surface area contributed by atoms with Crippen LogP contribution in [0.15, 0.2) is 24.3 Å². The van der Waals surface area contributed by atoms with Gasteiger partial charge in [0, 0.05) is 32.2 Å². The fourth-order valence-corrected chi connectivity index (χ4v) is 2.95. The van der Waals surface area contributed by atoms with Gasteiger partial charge >= 0.3 is 6.03 Å². The molecular weight excluding hydrogens is 330 g/mol. The van der Waals surface area contributed by atoms with Crippen molar-refractivity contribution in [2.45, 2.75) is 52.7 Å². The Labute approximate surface area is 156 Å². The number of carbonyl (C=O) groups excluding carboxylic acids is 2. The number of nitrogens with one attached hydrogen (secondary N) is 1. The van der Waals surface area contributed by atoms with Crippen LogP contribution in [0.5, 0.6) is 5.75 Å². The van der Waals surface area contributed by atoms with Crippen molar-refractivity contribution in [2.24, 2.45) is 0 Å². The molecular formula is C20H31N3O3. The molecule has 0 radical (unpaired) electrons. The first-order valence-corrected chi connectivity index (χ1v) is 9.44. The highest BCUT2D eigenvalue weighted by molar-refractivity contribution is 5.79.